The Bertz CT molecular complexity index is 580. The highest BCUT2D eigenvalue weighted by Gasteiger charge is 2.32. The molecule has 2 amide bonds. The van der Waals surface area contributed by atoms with Gasteiger partial charge in [-0.05, 0) is 64.8 Å². The lowest BCUT2D eigenvalue weighted by atomic mass is 10.0. The highest BCUT2D eigenvalue weighted by atomic mass is 35.5. The van der Waals surface area contributed by atoms with Gasteiger partial charge in [0.15, 0.2) is 6.10 Å². The van der Waals surface area contributed by atoms with Gasteiger partial charge in [0.1, 0.15) is 11.3 Å². The molecular weight excluding hydrogens is 328 g/mol. The van der Waals surface area contributed by atoms with Crippen molar-refractivity contribution in [3.8, 4) is 5.75 Å². The third-order valence-electron chi connectivity index (χ3n) is 3.38. The van der Waals surface area contributed by atoms with Crippen molar-refractivity contribution in [3.63, 3.8) is 0 Å². The average Bonchev–Trinajstić information content (AvgIpc) is 2.42. The van der Waals surface area contributed by atoms with Crippen molar-refractivity contribution < 1.29 is 14.3 Å². The van der Waals surface area contributed by atoms with Crippen LogP contribution in [0.25, 0.3) is 0 Å². The highest BCUT2D eigenvalue weighted by Crippen LogP contribution is 2.22. The fourth-order valence-electron chi connectivity index (χ4n) is 2.15. The van der Waals surface area contributed by atoms with Gasteiger partial charge < -0.3 is 15.4 Å². The van der Waals surface area contributed by atoms with E-state index in [9.17, 15) is 9.59 Å². The van der Waals surface area contributed by atoms with Gasteiger partial charge in [0.25, 0.3) is 5.91 Å². The van der Waals surface area contributed by atoms with Crippen molar-refractivity contribution in [3.05, 3.63) is 28.8 Å². The lowest BCUT2D eigenvalue weighted by Crippen LogP contribution is -2.58. The number of hydrogen-bond donors (Lipinski definition) is 2. The SMILES string of the molecule is CCC(Oc1cc(C)cc(Cl)c1)C(=O)NC(C)(C)C(=O)NC(C)C. The van der Waals surface area contributed by atoms with E-state index in [1.165, 1.54) is 0 Å². The molecule has 0 fully saturated rings. The van der Waals surface area contributed by atoms with Gasteiger partial charge in [-0.2, -0.15) is 0 Å². The molecule has 0 aliphatic heterocycles. The lowest BCUT2D eigenvalue weighted by molar-refractivity contribution is -0.136. The molecule has 134 valence electrons. The van der Waals surface area contributed by atoms with Crippen LogP contribution < -0.4 is 15.4 Å². The second-order valence-corrected chi connectivity index (χ2v) is 7.16. The Morgan fingerprint density at radius 2 is 1.88 bits per heavy atom. The van der Waals surface area contributed by atoms with E-state index in [2.05, 4.69) is 10.6 Å². The monoisotopic (exact) mass is 354 g/mol. The first-order valence-corrected chi connectivity index (χ1v) is 8.49. The van der Waals surface area contributed by atoms with Gasteiger partial charge >= 0.3 is 0 Å². The Kier molecular flexibility index (Phi) is 7.08. The number of amides is 2. The van der Waals surface area contributed by atoms with Crippen molar-refractivity contribution >= 4 is 23.4 Å². The van der Waals surface area contributed by atoms with E-state index in [4.69, 9.17) is 16.3 Å². The molecule has 0 aliphatic rings. The second-order valence-electron chi connectivity index (χ2n) is 6.72. The maximum atomic E-state index is 12.5. The molecule has 0 aliphatic carbocycles. The first-order valence-electron chi connectivity index (χ1n) is 8.12. The third kappa shape index (κ3) is 6.04. The number of halogens is 1. The maximum Gasteiger partial charge on any atom is 0.261 e. The largest absolute Gasteiger partial charge is 0.481 e. The Morgan fingerprint density at radius 1 is 1.25 bits per heavy atom. The molecule has 0 aromatic heterocycles. The molecule has 1 rings (SSSR count). The summed E-state index contributed by atoms with van der Waals surface area (Å²) in [7, 11) is 0. The van der Waals surface area contributed by atoms with Gasteiger partial charge in [-0.15, -0.1) is 0 Å². The van der Waals surface area contributed by atoms with E-state index in [1.807, 2.05) is 39.8 Å². The number of rotatable bonds is 7. The van der Waals surface area contributed by atoms with Crippen LogP contribution in [0.15, 0.2) is 18.2 Å². The van der Waals surface area contributed by atoms with Crippen LogP contribution in [-0.2, 0) is 9.59 Å². The predicted octanol–water partition coefficient (Wildman–Crippen LogP) is 3.23. The first kappa shape index (κ1) is 20.3. The van der Waals surface area contributed by atoms with Gasteiger partial charge in [0, 0.05) is 11.1 Å². The minimum absolute atomic E-state index is 0.00124. The molecule has 0 radical (unpaired) electrons. The standard InChI is InChI=1S/C18H27ClN2O3/c1-7-15(24-14-9-12(4)8-13(19)10-14)16(22)21-18(5,6)17(23)20-11(2)3/h8-11,15H,7H2,1-6H3,(H,20,23)(H,21,22). The molecule has 5 nitrogen and oxygen atoms in total. The molecule has 24 heavy (non-hydrogen) atoms. The summed E-state index contributed by atoms with van der Waals surface area (Å²) in [6.07, 6.45) is -0.229. The average molecular weight is 355 g/mol. The minimum Gasteiger partial charge on any atom is -0.481 e. The first-order chi connectivity index (χ1) is 11.0. The summed E-state index contributed by atoms with van der Waals surface area (Å²) < 4.78 is 5.77. The van der Waals surface area contributed by atoms with Crippen LogP contribution >= 0.6 is 11.6 Å². The summed E-state index contributed by atoms with van der Waals surface area (Å²) in [5.74, 6) is -0.0372. The molecule has 0 saturated carbocycles. The summed E-state index contributed by atoms with van der Waals surface area (Å²) in [5.41, 5.74) is -0.0769. The van der Waals surface area contributed by atoms with Gasteiger partial charge in [-0.25, -0.2) is 0 Å². The number of benzene rings is 1. The van der Waals surface area contributed by atoms with Crippen LogP contribution in [0.5, 0.6) is 5.75 Å². The molecule has 0 bridgehead atoms. The summed E-state index contributed by atoms with van der Waals surface area (Å²) in [5, 5.41) is 6.10. The molecule has 1 aromatic carbocycles. The normalized spacial score (nSPS) is 12.7. The fourth-order valence-corrected chi connectivity index (χ4v) is 2.42. The van der Waals surface area contributed by atoms with E-state index in [0.717, 1.165) is 5.56 Å². The quantitative estimate of drug-likeness (QED) is 0.790. The molecule has 0 saturated heterocycles. The Labute approximate surface area is 149 Å². The molecule has 1 aromatic rings. The number of ether oxygens (including phenoxy) is 1. The molecular formula is C18H27ClN2O3. The van der Waals surface area contributed by atoms with Crippen LogP contribution in [0.3, 0.4) is 0 Å². The van der Waals surface area contributed by atoms with Gasteiger partial charge in [-0.1, -0.05) is 18.5 Å². The molecule has 0 spiro atoms. The smallest absolute Gasteiger partial charge is 0.261 e. The zero-order chi connectivity index (χ0) is 18.5. The van der Waals surface area contributed by atoms with Crippen LogP contribution in [-0.4, -0.2) is 29.5 Å². The lowest BCUT2D eigenvalue weighted by Gasteiger charge is -2.28. The van der Waals surface area contributed by atoms with Crippen molar-refractivity contribution in [1.29, 1.82) is 0 Å². The van der Waals surface area contributed by atoms with E-state index in [0.29, 0.717) is 17.2 Å². The molecule has 0 heterocycles. The summed E-state index contributed by atoms with van der Waals surface area (Å²) in [4.78, 5) is 24.7. The number of hydrogen-bond acceptors (Lipinski definition) is 3. The van der Waals surface area contributed by atoms with Crippen LogP contribution in [0, 0.1) is 6.92 Å². The van der Waals surface area contributed by atoms with E-state index in [1.54, 1.807) is 19.9 Å². The van der Waals surface area contributed by atoms with E-state index in [-0.39, 0.29) is 17.9 Å². The van der Waals surface area contributed by atoms with Crippen LogP contribution in [0.4, 0.5) is 0 Å². The molecule has 6 heteroatoms. The third-order valence-corrected chi connectivity index (χ3v) is 3.60. The van der Waals surface area contributed by atoms with Crippen molar-refractivity contribution in [2.45, 2.75) is 65.6 Å². The zero-order valence-electron chi connectivity index (χ0n) is 15.2. The summed E-state index contributed by atoms with van der Waals surface area (Å²) >= 11 is 6.02. The topological polar surface area (TPSA) is 67.4 Å². The molecule has 1 atom stereocenters. The Balaban J connectivity index is 2.80. The van der Waals surface area contributed by atoms with Gasteiger partial charge in [-0.3, -0.25) is 9.59 Å². The summed E-state index contributed by atoms with van der Waals surface area (Å²) in [6.45, 7) is 10.8. The Hall–Kier alpha value is -1.75. The van der Waals surface area contributed by atoms with Crippen molar-refractivity contribution in [2.75, 3.05) is 0 Å². The maximum absolute atomic E-state index is 12.5. The Morgan fingerprint density at radius 3 is 2.38 bits per heavy atom. The van der Waals surface area contributed by atoms with Crippen LogP contribution in [0.2, 0.25) is 5.02 Å². The predicted molar refractivity (Wildman–Crippen MR) is 96.4 cm³/mol. The molecule has 2 N–H and O–H groups in total. The second kappa shape index (κ2) is 8.38. The van der Waals surface area contributed by atoms with E-state index < -0.39 is 11.6 Å². The zero-order valence-corrected chi connectivity index (χ0v) is 16.0. The number of aryl methyl sites for hydroxylation is 1. The minimum atomic E-state index is -1.03. The number of carbonyl (C=O) groups is 2. The summed E-state index contributed by atoms with van der Waals surface area (Å²) in [6, 6.07) is 5.30. The van der Waals surface area contributed by atoms with Crippen molar-refractivity contribution in [2.24, 2.45) is 0 Å². The fraction of sp³-hybridized carbons (Fsp3) is 0.556. The highest BCUT2D eigenvalue weighted by molar-refractivity contribution is 6.30. The molecule has 1 unspecified atom stereocenters. The van der Waals surface area contributed by atoms with E-state index >= 15 is 0 Å². The van der Waals surface area contributed by atoms with Crippen molar-refractivity contribution in [1.82, 2.24) is 10.6 Å². The number of carbonyl (C=O) groups excluding carboxylic acids is 2. The number of nitrogens with one attached hydrogen (secondary N) is 2. The van der Waals surface area contributed by atoms with Gasteiger partial charge in [0.2, 0.25) is 5.91 Å². The van der Waals surface area contributed by atoms with Crippen LogP contribution in [0.1, 0.15) is 46.6 Å². The van der Waals surface area contributed by atoms with Gasteiger partial charge in [0.05, 0.1) is 0 Å².